The van der Waals surface area contributed by atoms with Crippen LogP contribution >= 0.6 is 11.8 Å². The lowest BCUT2D eigenvalue weighted by atomic mass is 9.93. The summed E-state index contributed by atoms with van der Waals surface area (Å²) < 4.78 is 56.4. The maximum absolute atomic E-state index is 15.4. The van der Waals surface area contributed by atoms with Crippen molar-refractivity contribution in [1.82, 2.24) is 4.57 Å². The average molecular weight is 527 g/mol. The molecule has 0 saturated carbocycles. The lowest BCUT2D eigenvalue weighted by Crippen LogP contribution is -2.32. The molecule has 3 heterocycles. The van der Waals surface area contributed by atoms with E-state index in [0.29, 0.717) is 27.5 Å². The van der Waals surface area contributed by atoms with E-state index < -0.39 is 29.1 Å². The average Bonchev–Trinajstić information content (AvgIpc) is 3.56. The van der Waals surface area contributed by atoms with Gasteiger partial charge in [-0.05, 0) is 42.3 Å². The predicted octanol–water partition coefficient (Wildman–Crippen LogP) is 5.96. The molecule has 0 bridgehead atoms. The molecule has 10 heteroatoms. The summed E-state index contributed by atoms with van der Waals surface area (Å²) in [6.07, 6.45) is 2.62. The molecule has 6 nitrogen and oxygen atoms in total. The Bertz CT molecular complexity index is 1560. The number of methoxy groups -OCH3 is 1. The third-order valence-corrected chi connectivity index (χ3v) is 7.73. The number of hydrogen-bond acceptors (Lipinski definition) is 6. The summed E-state index contributed by atoms with van der Waals surface area (Å²) in [5, 5.41) is 13.7. The third-order valence-electron chi connectivity index (χ3n) is 6.53. The maximum atomic E-state index is 15.4. The first-order chi connectivity index (χ1) is 17.9. The smallest absolute Gasteiger partial charge is 0.260 e. The summed E-state index contributed by atoms with van der Waals surface area (Å²) >= 11 is 1.30. The van der Waals surface area contributed by atoms with Crippen LogP contribution in [0.1, 0.15) is 28.3 Å². The number of thioether (sulfide) groups is 1. The summed E-state index contributed by atoms with van der Waals surface area (Å²) in [5.41, 5.74) is 0.826. The zero-order chi connectivity index (χ0) is 26.3. The Morgan fingerprint density at radius 1 is 1.16 bits per heavy atom. The minimum absolute atomic E-state index is 0.00569. The van der Waals surface area contributed by atoms with E-state index in [1.807, 2.05) is 0 Å². The van der Waals surface area contributed by atoms with E-state index in [4.69, 9.17) is 9.15 Å². The summed E-state index contributed by atoms with van der Waals surface area (Å²) in [6, 6.07) is 8.90. The van der Waals surface area contributed by atoms with Gasteiger partial charge in [0.25, 0.3) is 5.56 Å². The Kier molecular flexibility index (Phi) is 6.59. The topological polar surface area (TPSA) is 77.0 Å². The van der Waals surface area contributed by atoms with Crippen LogP contribution in [0.25, 0.3) is 11.1 Å². The van der Waals surface area contributed by atoms with Crippen LogP contribution in [-0.4, -0.2) is 28.3 Å². The number of hydrogen-bond donors (Lipinski definition) is 1. The Balaban J connectivity index is 1.80. The van der Waals surface area contributed by atoms with Gasteiger partial charge in [0.2, 0.25) is 0 Å². The van der Waals surface area contributed by atoms with E-state index in [2.05, 4.69) is 5.16 Å². The van der Waals surface area contributed by atoms with Crippen molar-refractivity contribution in [3.63, 3.8) is 0 Å². The first-order valence-electron chi connectivity index (χ1n) is 11.3. The number of fused-ring (bicyclic) bond motifs is 1. The van der Waals surface area contributed by atoms with Crippen LogP contribution in [0.5, 0.6) is 5.75 Å². The number of ether oxygens (including phenoxy) is 1. The number of benzene rings is 2. The molecule has 1 unspecified atom stereocenters. The van der Waals surface area contributed by atoms with Crippen molar-refractivity contribution in [2.24, 2.45) is 5.16 Å². The molecule has 37 heavy (non-hydrogen) atoms. The molecule has 0 spiro atoms. The summed E-state index contributed by atoms with van der Waals surface area (Å²) in [4.78, 5) is 14.0. The van der Waals surface area contributed by atoms with Gasteiger partial charge in [-0.1, -0.05) is 23.4 Å². The zero-order valence-corrected chi connectivity index (χ0v) is 20.6. The van der Waals surface area contributed by atoms with Crippen LogP contribution in [0.3, 0.4) is 0 Å². The summed E-state index contributed by atoms with van der Waals surface area (Å²) in [5.74, 6) is -1.94. The molecule has 0 fully saturated rings. The van der Waals surface area contributed by atoms with Gasteiger partial charge in [0.15, 0.2) is 11.6 Å². The van der Waals surface area contributed by atoms with Crippen molar-refractivity contribution in [2.75, 3.05) is 12.9 Å². The fourth-order valence-electron chi connectivity index (χ4n) is 4.70. The highest BCUT2D eigenvalue weighted by atomic mass is 32.2. The largest absolute Gasteiger partial charge is 0.494 e. The molecular formula is C27H21F3N2O4S. The van der Waals surface area contributed by atoms with Crippen molar-refractivity contribution in [1.29, 1.82) is 0 Å². The van der Waals surface area contributed by atoms with E-state index in [-0.39, 0.29) is 34.6 Å². The van der Waals surface area contributed by atoms with Gasteiger partial charge in [-0.3, -0.25) is 9.36 Å². The van der Waals surface area contributed by atoms with Gasteiger partial charge in [0.1, 0.15) is 17.3 Å². The van der Waals surface area contributed by atoms with E-state index in [9.17, 15) is 18.8 Å². The van der Waals surface area contributed by atoms with Crippen molar-refractivity contribution < 1.29 is 27.5 Å². The van der Waals surface area contributed by atoms with Crippen molar-refractivity contribution in [3.05, 3.63) is 105 Å². The number of oxime groups is 1. The molecule has 1 aliphatic heterocycles. The van der Waals surface area contributed by atoms with E-state index in [0.717, 1.165) is 12.1 Å². The molecule has 2 aromatic heterocycles. The standard InChI is InChI=1S/C27H21F3N2O4S/c1-14-17(11-18-19(28)6-4-7-20(18)29)27-32(21(13-37-27)25(31-34)15-9-10-36-12-15)26(33)23(14)16-5-3-8-22(35-2)24(16)30/h3-10,12,21,34H,11,13H2,1-2H3/b31-25-. The zero-order valence-electron chi connectivity index (χ0n) is 19.8. The highest BCUT2D eigenvalue weighted by molar-refractivity contribution is 7.99. The SMILES string of the molecule is COc1cccc(-c2c(C)c(Cc3c(F)cccc3F)c3n(c2=O)C(/C(=N\O)c2ccoc2)CS3)c1F. The molecule has 5 rings (SSSR count). The fraction of sp³-hybridized carbons (Fsp3) is 0.185. The van der Waals surface area contributed by atoms with Crippen LogP contribution in [-0.2, 0) is 6.42 Å². The Morgan fingerprint density at radius 2 is 1.89 bits per heavy atom. The van der Waals surface area contributed by atoms with Crippen molar-refractivity contribution in [3.8, 4) is 16.9 Å². The van der Waals surface area contributed by atoms with E-state index in [1.165, 1.54) is 54.2 Å². The molecule has 0 radical (unpaired) electrons. The maximum Gasteiger partial charge on any atom is 0.260 e. The molecule has 190 valence electrons. The van der Waals surface area contributed by atoms with Gasteiger partial charge >= 0.3 is 0 Å². The number of rotatable bonds is 6. The van der Waals surface area contributed by atoms with Crippen LogP contribution in [0.4, 0.5) is 13.2 Å². The number of furan rings is 1. The Hall–Kier alpha value is -3.92. The molecule has 0 saturated heterocycles. The van der Waals surface area contributed by atoms with Crippen LogP contribution in [0.2, 0.25) is 0 Å². The van der Waals surface area contributed by atoms with Gasteiger partial charge in [-0.2, -0.15) is 0 Å². The van der Waals surface area contributed by atoms with Crippen LogP contribution < -0.4 is 10.3 Å². The first kappa shape index (κ1) is 24.8. The molecule has 0 aliphatic carbocycles. The minimum Gasteiger partial charge on any atom is -0.494 e. The van der Waals surface area contributed by atoms with E-state index in [1.54, 1.807) is 19.1 Å². The number of aromatic nitrogens is 1. The lowest BCUT2D eigenvalue weighted by molar-refractivity contribution is 0.315. The second-order valence-electron chi connectivity index (χ2n) is 8.48. The van der Waals surface area contributed by atoms with Crippen LogP contribution in [0.15, 0.2) is 74.4 Å². The molecule has 1 atom stereocenters. The Morgan fingerprint density at radius 3 is 2.54 bits per heavy atom. The highest BCUT2D eigenvalue weighted by Gasteiger charge is 2.35. The van der Waals surface area contributed by atoms with Gasteiger partial charge in [-0.25, -0.2) is 13.2 Å². The highest BCUT2D eigenvalue weighted by Crippen LogP contribution is 2.42. The van der Waals surface area contributed by atoms with E-state index >= 15 is 4.39 Å². The fourth-order valence-corrected chi connectivity index (χ4v) is 6.07. The van der Waals surface area contributed by atoms with Gasteiger partial charge in [0, 0.05) is 28.9 Å². The predicted molar refractivity (Wildman–Crippen MR) is 133 cm³/mol. The number of pyridine rings is 1. The number of nitrogens with zero attached hydrogens (tertiary/aromatic N) is 2. The monoisotopic (exact) mass is 526 g/mol. The number of halogens is 3. The third kappa shape index (κ3) is 4.11. The molecule has 1 aliphatic rings. The normalized spacial score (nSPS) is 15.2. The first-order valence-corrected chi connectivity index (χ1v) is 12.3. The van der Waals surface area contributed by atoms with Gasteiger partial charge < -0.3 is 14.4 Å². The Labute approximate surface area is 214 Å². The second kappa shape index (κ2) is 9.85. The quantitative estimate of drug-likeness (QED) is 0.191. The molecule has 2 aromatic carbocycles. The molecule has 4 aromatic rings. The summed E-state index contributed by atoms with van der Waals surface area (Å²) in [7, 11) is 1.32. The summed E-state index contributed by atoms with van der Waals surface area (Å²) in [6.45, 7) is 1.63. The second-order valence-corrected chi connectivity index (χ2v) is 9.49. The minimum atomic E-state index is -0.743. The molecule has 0 amide bonds. The van der Waals surface area contributed by atoms with Gasteiger partial charge in [0.05, 0.1) is 36.3 Å². The molecule has 1 N–H and O–H groups in total. The van der Waals surface area contributed by atoms with Crippen molar-refractivity contribution in [2.45, 2.75) is 24.4 Å². The van der Waals surface area contributed by atoms with Crippen LogP contribution in [0, 0.1) is 24.4 Å². The molecular weight excluding hydrogens is 505 g/mol. The lowest BCUT2D eigenvalue weighted by Gasteiger charge is -2.21. The van der Waals surface area contributed by atoms with Crippen molar-refractivity contribution >= 4 is 17.5 Å². The van der Waals surface area contributed by atoms with Gasteiger partial charge in [-0.15, -0.1) is 11.8 Å².